The molecule has 0 saturated carbocycles. The molecule has 0 fully saturated rings. The molecule has 0 unspecified atom stereocenters. The molecular weight excluding hydrogens is 169 g/mol. The second kappa shape index (κ2) is 3.75. The molecule has 1 aromatic carbocycles. The van der Waals surface area contributed by atoms with Crippen molar-refractivity contribution in [2.45, 2.75) is 26.3 Å². The van der Waals surface area contributed by atoms with Crippen molar-refractivity contribution in [3.63, 3.8) is 0 Å². The van der Waals surface area contributed by atoms with Gasteiger partial charge in [0.15, 0.2) is 0 Å². The van der Waals surface area contributed by atoms with Crippen molar-refractivity contribution in [2.75, 3.05) is 0 Å². The van der Waals surface area contributed by atoms with Gasteiger partial charge in [0.05, 0.1) is 0 Å². The third-order valence-electron chi connectivity index (χ3n) is 2.24. The maximum Gasteiger partial charge on any atom is 0.126 e. The van der Waals surface area contributed by atoms with Crippen LogP contribution in [-0.2, 0) is 0 Å². The summed E-state index contributed by atoms with van der Waals surface area (Å²) in [6.07, 6.45) is 0.678. The van der Waals surface area contributed by atoms with E-state index in [1.807, 2.05) is 6.92 Å². The van der Waals surface area contributed by atoms with E-state index >= 15 is 0 Å². The molecule has 0 spiro atoms. The van der Waals surface area contributed by atoms with Gasteiger partial charge in [0.2, 0.25) is 0 Å². The molecule has 13 heavy (non-hydrogen) atoms. The predicted octanol–water partition coefficient (Wildman–Crippen LogP) is 2.25. The lowest BCUT2D eigenvalue weighted by Gasteiger charge is -2.14. The van der Waals surface area contributed by atoms with Gasteiger partial charge in [0.1, 0.15) is 11.6 Å². The van der Waals surface area contributed by atoms with Crippen LogP contribution >= 0.6 is 0 Å². The predicted molar refractivity (Wildman–Crippen MR) is 50.0 cm³/mol. The van der Waals surface area contributed by atoms with Gasteiger partial charge in [-0.15, -0.1) is 0 Å². The van der Waals surface area contributed by atoms with Crippen molar-refractivity contribution in [2.24, 2.45) is 5.73 Å². The normalized spacial score (nSPS) is 12.9. The zero-order chi connectivity index (χ0) is 10.0. The Morgan fingerprint density at radius 1 is 1.54 bits per heavy atom. The van der Waals surface area contributed by atoms with E-state index in [2.05, 4.69) is 0 Å². The average molecular weight is 183 g/mol. The summed E-state index contributed by atoms with van der Waals surface area (Å²) in [5.41, 5.74) is 6.69. The molecule has 72 valence electrons. The molecule has 0 heterocycles. The monoisotopic (exact) mass is 183 g/mol. The number of hydrogen-bond acceptors (Lipinski definition) is 2. The molecule has 3 N–H and O–H groups in total. The molecule has 0 aliphatic rings. The number of nitrogens with two attached hydrogens (primary N) is 1. The number of rotatable bonds is 2. The Balaban J connectivity index is 3.25. The van der Waals surface area contributed by atoms with Gasteiger partial charge < -0.3 is 10.8 Å². The van der Waals surface area contributed by atoms with Crippen molar-refractivity contribution in [1.29, 1.82) is 0 Å². The van der Waals surface area contributed by atoms with Gasteiger partial charge in [-0.1, -0.05) is 6.92 Å². The molecule has 0 bridgehead atoms. The van der Waals surface area contributed by atoms with Crippen molar-refractivity contribution < 1.29 is 9.50 Å². The van der Waals surface area contributed by atoms with E-state index in [0.29, 0.717) is 17.5 Å². The lowest BCUT2D eigenvalue weighted by Crippen LogP contribution is -2.11. The van der Waals surface area contributed by atoms with Gasteiger partial charge in [0, 0.05) is 11.6 Å². The minimum absolute atomic E-state index is 0.0771. The summed E-state index contributed by atoms with van der Waals surface area (Å²) < 4.78 is 13.1. The van der Waals surface area contributed by atoms with E-state index in [1.54, 1.807) is 6.92 Å². The van der Waals surface area contributed by atoms with Crippen molar-refractivity contribution in [1.82, 2.24) is 0 Å². The summed E-state index contributed by atoms with van der Waals surface area (Å²) in [6, 6.07) is 2.29. The second-order valence-corrected chi connectivity index (χ2v) is 3.12. The third-order valence-corrected chi connectivity index (χ3v) is 2.24. The van der Waals surface area contributed by atoms with Crippen LogP contribution in [0.4, 0.5) is 4.39 Å². The van der Waals surface area contributed by atoms with Crippen LogP contribution in [0.2, 0.25) is 0 Å². The highest BCUT2D eigenvalue weighted by Crippen LogP contribution is 2.29. The van der Waals surface area contributed by atoms with Crippen LogP contribution in [0.25, 0.3) is 0 Å². The Morgan fingerprint density at radius 2 is 2.15 bits per heavy atom. The maximum atomic E-state index is 13.1. The Morgan fingerprint density at radius 3 is 2.69 bits per heavy atom. The van der Waals surface area contributed by atoms with Gasteiger partial charge in [-0.05, 0) is 31.0 Å². The lowest BCUT2D eigenvalue weighted by atomic mass is 9.98. The van der Waals surface area contributed by atoms with Crippen LogP contribution < -0.4 is 5.73 Å². The zero-order valence-corrected chi connectivity index (χ0v) is 7.84. The van der Waals surface area contributed by atoms with Crippen LogP contribution in [-0.4, -0.2) is 5.11 Å². The van der Waals surface area contributed by atoms with E-state index in [1.165, 1.54) is 12.1 Å². The van der Waals surface area contributed by atoms with Crippen LogP contribution in [0.1, 0.15) is 30.5 Å². The van der Waals surface area contributed by atoms with E-state index in [9.17, 15) is 9.50 Å². The number of phenolic OH excluding ortho intramolecular Hbond substituents is 1. The fourth-order valence-electron chi connectivity index (χ4n) is 1.36. The number of halogens is 1. The quantitative estimate of drug-likeness (QED) is 0.738. The highest BCUT2D eigenvalue weighted by atomic mass is 19.1. The van der Waals surface area contributed by atoms with E-state index in [0.717, 1.165) is 0 Å². The average Bonchev–Trinajstić information content (AvgIpc) is 2.12. The first kappa shape index (κ1) is 9.99. The molecule has 0 amide bonds. The molecule has 3 heteroatoms. The summed E-state index contributed by atoms with van der Waals surface area (Å²) in [5.74, 6) is -0.245. The Kier molecular flexibility index (Phi) is 2.88. The molecule has 0 aliphatic carbocycles. The molecule has 0 saturated heterocycles. The zero-order valence-electron chi connectivity index (χ0n) is 7.84. The Hall–Kier alpha value is -1.09. The summed E-state index contributed by atoms with van der Waals surface area (Å²) in [4.78, 5) is 0. The smallest absolute Gasteiger partial charge is 0.126 e. The largest absolute Gasteiger partial charge is 0.508 e. The second-order valence-electron chi connectivity index (χ2n) is 3.12. The third kappa shape index (κ3) is 1.80. The maximum absolute atomic E-state index is 13.1. The van der Waals surface area contributed by atoms with Gasteiger partial charge in [0.25, 0.3) is 0 Å². The number of hydrogen-bond donors (Lipinski definition) is 2. The van der Waals surface area contributed by atoms with E-state index in [-0.39, 0.29) is 17.6 Å². The molecule has 1 rings (SSSR count). The van der Waals surface area contributed by atoms with Gasteiger partial charge in [-0.3, -0.25) is 0 Å². The van der Waals surface area contributed by atoms with Crippen LogP contribution in [0, 0.1) is 12.7 Å². The molecular formula is C10H14FNO. The molecule has 1 aromatic rings. The highest BCUT2D eigenvalue weighted by Gasteiger charge is 2.14. The summed E-state index contributed by atoms with van der Waals surface area (Å²) >= 11 is 0. The number of phenols is 1. The Labute approximate surface area is 77.2 Å². The molecule has 0 aliphatic heterocycles. The van der Waals surface area contributed by atoms with Crippen molar-refractivity contribution in [3.8, 4) is 5.75 Å². The standard InChI is InChI=1S/C10H14FNO/c1-3-8(12)10-6(2)7(11)4-5-9(10)13/h4-5,8,13H,3,12H2,1-2H3/t8-/m1/s1. The van der Waals surface area contributed by atoms with Crippen molar-refractivity contribution >= 4 is 0 Å². The van der Waals surface area contributed by atoms with Gasteiger partial charge in [-0.2, -0.15) is 0 Å². The van der Waals surface area contributed by atoms with Crippen LogP contribution in [0.15, 0.2) is 12.1 Å². The van der Waals surface area contributed by atoms with Gasteiger partial charge >= 0.3 is 0 Å². The molecule has 1 atom stereocenters. The fourth-order valence-corrected chi connectivity index (χ4v) is 1.36. The SMILES string of the molecule is CC[C@@H](N)c1c(O)ccc(F)c1C. The first-order chi connectivity index (χ1) is 6.07. The molecule has 0 radical (unpaired) electrons. The lowest BCUT2D eigenvalue weighted by molar-refractivity contribution is 0.455. The summed E-state index contributed by atoms with van der Waals surface area (Å²) in [5, 5.41) is 9.47. The van der Waals surface area contributed by atoms with Gasteiger partial charge in [-0.25, -0.2) is 4.39 Å². The Bertz CT molecular complexity index is 312. The van der Waals surface area contributed by atoms with E-state index < -0.39 is 0 Å². The highest BCUT2D eigenvalue weighted by molar-refractivity contribution is 5.41. The topological polar surface area (TPSA) is 46.2 Å². The van der Waals surface area contributed by atoms with Crippen molar-refractivity contribution in [3.05, 3.63) is 29.1 Å². The fraction of sp³-hybridized carbons (Fsp3) is 0.400. The molecule has 2 nitrogen and oxygen atoms in total. The first-order valence-corrected chi connectivity index (χ1v) is 4.31. The van der Waals surface area contributed by atoms with Crippen LogP contribution in [0.3, 0.4) is 0 Å². The van der Waals surface area contributed by atoms with E-state index in [4.69, 9.17) is 5.73 Å². The number of aromatic hydroxyl groups is 1. The van der Waals surface area contributed by atoms with Crippen LogP contribution in [0.5, 0.6) is 5.75 Å². The number of benzene rings is 1. The minimum atomic E-state index is -0.322. The summed E-state index contributed by atoms with van der Waals surface area (Å²) in [6.45, 7) is 3.52. The first-order valence-electron chi connectivity index (χ1n) is 4.31. The summed E-state index contributed by atoms with van der Waals surface area (Å²) in [7, 11) is 0. The molecule has 0 aromatic heterocycles. The minimum Gasteiger partial charge on any atom is -0.508 e.